The fraction of sp³-hybridized carbons (Fsp3) is 0.200. The van der Waals surface area contributed by atoms with E-state index in [9.17, 15) is 4.79 Å². The highest BCUT2D eigenvalue weighted by atomic mass is 16.1. The number of fused-ring (bicyclic) bond motifs is 1. The topological polar surface area (TPSA) is 95.6 Å². The molecule has 0 saturated carbocycles. The molecule has 112 valence electrons. The van der Waals surface area contributed by atoms with Crippen LogP contribution in [0.25, 0.3) is 11.2 Å². The van der Waals surface area contributed by atoms with Gasteiger partial charge in [-0.3, -0.25) is 4.79 Å². The molecule has 1 aromatic carbocycles. The molecule has 0 radical (unpaired) electrons. The fourth-order valence-electron chi connectivity index (χ4n) is 2.08. The Hall–Kier alpha value is -2.80. The van der Waals surface area contributed by atoms with Crippen molar-refractivity contribution < 1.29 is 4.79 Å². The Morgan fingerprint density at radius 2 is 2.00 bits per heavy atom. The lowest BCUT2D eigenvalue weighted by atomic mass is 10.2. The number of rotatable bonds is 6. The molecule has 7 heteroatoms. The van der Waals surface area contributed by atoms with Crippen LogP contribution >= 0.6 is 0 Å². The minimum atomic E-state index is -0.108. The van der Waals surface area contributed by atoms with Gasteiger partial charge in [0.1, 0.15) is 6.33 Å². The molecular weight excluding hydrogens is 280 g/mol. The van der Waals surface area contributed by atoms with Crippen LogP contribution in [0.2, 0.25) is 0 Å². The number of aromatic amines is 1. The minimum Gasteiger partial charge on any atom is -0.329 e. The molecule has 22 heavy (non-hydrogen) atoms. The molecule has 0 atom stereocenters. The first kappa shape index (κ1) is 14.2. The summed E-state index contributed by atoms with van der Waals surface area (Å²) >= 11 is 0. The number of hydrogen-bond acceptors (Lipinski definition) is 5. The molecule has 2 aromatic heterocycles. The summed E-state index contributed by atoms with van der Waals surface area (Å²) in [5.41, 5.74) is 2.36. The molecule has 0 unspecified atom stereocenters. The van der Waals surface area contributed by atoms with Crippen LogP contribution in [-0.4, -0.2) is 32.4 Å². The van der Waals surface area contributed by atoms with E-state index in [4.69, 9.17) is 0 Å². The summed E-state index contributed by atoms with van der Waals surface area (Å²) in [5, 5.41) is 5.99. The van der Waals surface area contributed by atoms with Gasteiger partial charge < -0.3 is 15.6 Å². The summed E-state index contributed by atoms with van der Waals surface area (Å²) in [7, 11) is 0. The molecule has 0 fully saturated rings. The number of carbonyl (C=O) groups excluding carboxylic acids is 1. The number of aromatic nitrogens is 4. The van der Waals surface area contributed by atoms with E-state index in [1.165, 1.54) is 18.2 Å². The number of carbonyl (C=O) groups is 1. The van der Waals surface area contributed by atoms with Gasteiger partial charge in [-0.2, -0.15) is 0 Å². The summed E-state index contributed by atoms with van der Waals surface area (Å²) in [6.07, 6.45) is 3.28. The number of imidazole rings is 1. The first-order valence-corrected chi connectivity index (χ1v) is 7.01. The van der Waals surface area contributed by atoms with Gasteiger partial charge in [0, 0.05) is 19.5 Å². The van der Waals surface area contributed by atoms with Crippen LogP contribution in [0.4, 0.5) is 5.82 Å². The smallest absolute Gasteiger partial charge is 0.226 e. The van der Waals surface area contributed by atoms with Crippen molar-refractivity contribution in [1.82, 2.24) is 25.3 Å². The molecule has 0 bridgehead atoms. The Balaban J connectivity index is 1.48. The summed E-state index contributed by atoms with van der Waals surface area (Å²) in [6, 6.07) is 10.1. The highest BCUT2D eigenvalue weighted by Crippen LogP contribution is 2.14. The third-order valence-electron chi connectivity index (χ3n) is 3.18. The molecule has 2 heterocycles. The fourth-order valence-corrected chi connectivity index (χ4v) is 2.08. The van der Waals surface area contributed by atoms with Crippen molar-refractivity contribution in [2.75, 3.05) is 11.9 Å². The number of benzene rings is 1. The van der Waals surface area contributed by atoms with Crippen molar-refractivity contribution in [2.24, 2.45) is 0 Å². The molecule has 0 aliphatic heterocycles. The van der Waals surface area contributed by atoms with E-state index in [1.54, 1.807) is 0 Å². The van der Waals surface area contributed by atoms with E-state index in [0.29, 0.717) is 29.9 Å². The van der Waals surface area contributed by atoms with E-state index in [0.717, 1.165) is 6.54 Å². The predicted molar refractivity (Wildman–Crippen MR) is 83.1 cm³/mol. The van der Waals surface area contributed by atoms with Gasteiger partial charge in [0.15, 0.2) is 17.0 Å². The Kier molecular flexibility index (Phi) is 4.35. The van der Waals surface area contributed by atoms with Crippen LogP contribution in [0.15, 0.2) is 43.0 Å². The quantitative estimate of drug-likeness (QED) is 0.599. The second-order valence-corrected chi connectivity index (χ2v) is 4.78. The van der Waals surface area contributed by atoms with E-state index in [1.807, 2.05) is 30.3 Å². The molecule has 0 saturated heterocycles. The van der Waals surface area contributed by atoms with Gasteiger partial charge >= 0.3 is 0 Å². The van der Waals surface area contributed by atoms with Crippen molar-refractivity contribution in [3.8, 4) is 0 Å². The van der Waals surface area contributed by atoms with Crippen LogP contribution in [0.3, 0.4) is 0 Å². The number of anilines is 1. The lowest BCUT2D eigenvalue weighted by Crippen LogP contribution is -2.22. The van der Waals surface area contributed by atoms with Crippen LogP contribution in [0, 0.1) is 0 Å². The van der Waals surface area contributed by atoms with Crippen LogP contribution in [-0.2, 0) is 11.3 Å². The average Bonchev–Trinajstić information content (AvgIpc) is 3.02. The maximum Gasteiger partial charge on any atom is 0.226 e. The molecule has 3 rings (SSSR count). The number of hydrogen-bond donors (Lipinski definition) is 3. The van der Waals surface area contributed by atoms with Crippen LogP contribution in [0.1, 0.15) is 12.0 Å². The molecule has 3 N–H and O–H groups in total. The van der Waals surface area contributed by atoms with E-state index in [2.05, 4.69) is 30.6 Å². The first-order chi connectivity index (χ1) is 10.8. The van der Waals surface area contributed by atoms with Crippen LogP contribution < -0.4 is 10.6 Å². The zero-order valence-electron chi connectivity index (χ0n) is 11.9. The van der Waals surface area contributed by atoms with E-state index >= 15 is 0 Å². The normalized spacial score (nSPS) is 10.7. The predicted octanol–water partition coefficient (Wildman–Crippen LogP) is 1.47. The minimum absolute atomic E-state index is 0.108. The molecule has 1 amide bonds. The summed E-state index contributed by atoms with van der Waals surface area (Å²) in [6.45, 7) is 1.33. The highest BCUT2D eigenvalue weighted by Gasteiger charge is 2.09. The average molecular weight is 296 g/mol. The second kappa shape index (κ2) is 6.77. The van der Waals surface area contributed by atoms with Crippen molar-refractivity contribution >= 4 is 22.9 Å². The summed E-state index contributed by atoms with van der Waals surface area (Å²) < 4.78 is 0. The molecule has 0 spiro atoms. The summed E-state index contributed by atoms with van der Waals surface area (Å²) in [5.74, 6) is 0.322. The molecular formula is C15H16N6O. The summed E-state index contributed by atoms with van der Waals surface area (Å²) in [4.78, 5) is 27.0. The zero-order chi connectivity index (χ0) is 15.2. The second-order valence-electron chi connectivity index (χ2n) is 4.78. The largest absolute Gasteiger partial charge is 0.329 e. The number of H-pyrrole nitrogens is 1. The molecule has 3 aromatic rings. The van der Waals surface area contributed by atoms with E-state index in [-0.39, 0.29) is 5.91 Å². The maximum atomic E-state index is 11.9. The Labute approximate surface area is 127 Å². The standard InChI is InChI=1S/C15H16N6O/c22-12(6-7-16-8-11-4-2-1-3-5-11)21-15-13-14(18-9-17-13)19-10-20-15/h1-5,9-10,16H,6-8H2,(H2,17,18,19,20,21,22). The Morgan fingerprint density at radius 1 is 1.14 bits per heavy atom. The van der Waals surface area contributed by atoms with Crippen molar-refractivity contribution in [2.45, 2.75) is 13.0 Å². The van der Waals surface area contributed by atoms with Gasteiger partial charge in [0.25, 0.3) is 0 Å². The van der Waals surface area contributed by atoms with Gasteiger partial charge in [-0.25, -0.2) is 15.0 Å². The number of amides is 1. The molecule has 0 aliphatic rings. The monoisotopic (exact) mass is 296 g/mol. The van der Waals surface area contributed by atoms with Crippen molar-refractivity contribution in [3.05, 3.63) is 48.5 Å². The number of nitrogens with one attached hydrogen (secondary N) is 3. The third-order valence-corrected chi connectivity index (χ3v) is 3.18. The Bertz CT molecular complexity index is 755. The van der Waals surface area contributed by atoms with Gasteiger partial charge in [-0.15, -0.1) is 0 Å². The van der Waals surface area contributed by atoms with Crippen molar-refractivity contribution in [1.29, 1.82) is 0 Å². The Morgan fingerprint density at radius 3 is 2.86 bits per heavy atom. The lowest BCUT2D eigenvalue weighted by molar-refractivity contribution is -0.116. The van der Waals surface area contributed by atoms with Gasteiger partial charge in [0.2, 0.25) is 5.91 Å². The van der Waals surface area contributed by atoms with Gasteiger partial charge in [-0.05, 0) is 5.56 Å². The lowest BCUT2D eigenvalue weighted by Gasteiger charge is -2.06. The van der Waals surface area contributed by atoms with Gasteiger partial charge in [0.05, 0.1) is 6.33 Å². The first-order valence-electron chi connectivity index (χ1n) is 7.01. The zero-order valence-corrected chi connectivity index (χ0v) is 11.9. The third kappa shape index (κ3) is 3.44. The van der Waals surface area contributed by atoms with E-state index < -0.39 is 0 Å². The van der Waals surface area contributed by atoms with Crippen molar-refractivity contribution in [3.63, 3.8) is 0 Å². The van der Waals surface area contributed by atoms with Crippen LogP contribution in [0.5, 0.6) is 0 Å². The highest BCUT2D eigenvalue weighted by molar-refractivity contribution is 5.96. The van der Waals surface area contributed by atoms with Gasteiger partial charge in [-0.1, -0.05) is 30.3 Å². The molecule has 0 aliphatic carbocycles. The number of nitrogens with zero attached hydrogens (tertiary/aromatic N) is 3. The SMILES string of the molecule is O=C(CCNCc1ccccc1)Nc1ncnc2[nH]cnc12. The maximum absolute atomic E-state index is 11.9. The molecule has 7 nitrogen and oxygen atoms in total.